The van der Waals surface area contributed by atoms with Gasteiger partial charge in [0, 0.05) is 17.2 Å². The van der Waals surface area contributed by atoms with Gasteiger partial charge in [0.2, 0.25) is 0 Å². The molecule has 8 heteroatoms. The Bertz CT molecular complexity index is 1080. The zero-order valence-electron chi connectivity index (χ0n) is 17.9. The van der Waals surface area contributed by atoms with Crippen LogP contribution in [0.2, 0.25) is 0 Å². The molecule has 0 aromatic heterocycles. The lowest BCUT2D eigenvalue weighted by Crippen LogP contribution is -2.49. The number of carbonyl (C=O) groups excluding carboxylic acids is 1. The Labute approximate surface area is 184 Å². The van der Waals surface area contributed by atoms with Gasteiger partial charge in [0.05, 0.1) is 18.8 Å². The van der Waals surface area contributed by atoms with Crippen molar-refractivity contribution in [3.05, 3.63) is 65.8 Å². The summed E-state index contributed by atoms with van der Waals surface area (Å²) in [5.41, 5.74) is -1.67. The Hall–Kier alpha value is -3.26. The van der Waals surface area contributed by atoms with E-state index in [9.17, 15) is 23.5 Å². The molecular weight excluding hydrogens is 420 g/mol. The van der Waals surface area contributed by atoms with Gasteiger partial charge in [-0.05, 0) is 32.4 Å². The summed E-state index contributed by atoms with van der Waals surface area (Å²) in [5.74, 6) is -2.81. The van der Waals surface area contributed by atoms with Crippen molar-refractivity contribution in [3.8, 4) is 5.75 Å². The summed E-state index contributed by atoms with van der Waals surface area (Å²) in [7, 11) is 0. The van der Waals surface area contributed by atoms with Crippen LogP contribution in [0.1, 0.15) is 37.0 Å². The van der Waals surface area contributed by atoms with Crippen LogP contribution < -0.4 is 10.1 Å². The van der Waals surface area contributed by atoms with Crippen molar-refractivity contribution in [2.45, 2.75) is 38.3 Å². The van der Waals surface area contributed by atoms with Crippen molar-refractivity contribution in [1.82, 2.24) is 5.32 Å². The summed E-state index contributed by atoms with van der Waals surface area (Å²) < 4.78 is 39.7. The van der Waals surface area contributed by atoms with Gasteiger partial charge in [0.15, 0.2) is 0 Å². The molecule has 1 amide bonds. The monoisotopic (exact) mass is 445 g/mol. The molecule has 3 rings (SSSR count). The van der Waals surface area contributed by atoms with Gasteiger partial charge >= 0.3 is 5.97 Å². The van der Waals surface area contributed by atoms with Gasteiger partial charge in [-0.1, -0.05) is 36.4 Å². The Morgan fingerprint density at radius 3 is 2.59 bits per heavy atom. The fourth-order valence-corrected chi connectivity index (χ4v) is 3.22. The molecule has 2 aromatic rings. The van der Waals surface area contributed by atoms with Gasteiger partial charge in [-0.3, -0.25) is 4.79 Å². The predicted octanol–water partition coefficient (Wildman–Crippen LogP) is 4.54. The van der Waals surface area contributed by atoms with Crippen LogP contribution in [0.3, 0.4) is 0 Å². The second-order valence-corrected chi connectivity index (χ2v) is 7.94. The van der Waals surface area contributed by atoms with Crippen LogP contribution in [0, 0.1) is 5.82 Å². The number of hydrogen-bond donors (Lipinski definition) is 2. The van der Waals surface area contributed by atoms with Gasteiger partial charge in [-0.25, -0.2) is 13.6 Å². The number of amides is 1. The number of nitrogens with one attached hydrogen (secondary N) is 1. The summed E-state index contributed by atoms with van der Waals surface area (Å²) >= 11 is 0. The first kappa shape index (κ1) is 23.4. The van der Waals surface area contributed by atoms with E-state index in [1.165, 1.54) is 19.9 Å². The average molecular weight is 445 g/mol. The largest absolute Gasteiger partial charge is 0.492 e. The molecule has 0 saturated heterocycles. The first-order valence-electron chi connectivity index (χ1n) is 10.2. The molecule has 2 aromatic carbocycles. The predicted molar refractivity (Wildman–Crippen MR) is 116 cm³/mol. The van der Waals surface area contributed by atoms with Gasteiger partial charge in [0.1, 0.15) is 29.0 Å². The van der Waals surface area contributed by atoms with Gasteiger partial charge in [-0.15, -0.1) is 0 Å². The van der Waals surface area contributed by atoms with Crippen LogP contribution in [-0.4, -0.2) is 41.8 Å². The molecular formula is C24H25F2NO5. The fraction of sp³-hybridized carbons (Fsp3) is 0.333. The van der Waals surface area contributed by atoms with Crippen LogP contribution in [0.25, 0.3) is 10.8 Å². The van der Waals surface area contributed by atoms with E-state index in [4.69, 9.17) is 9.47 Å². The molecule has 1 aliphatic rings. The van der Waals surface area contributed by atoms with Crippen LogP contribution in [0.4, 0.5) is 8.78 Å². The molecule has 1 atom stereocenters. The lowest BCUT2D eigenvalue weighted by Gasteiger charge is -2.22. The molecule has 0 saturated carbocycles. The SMILES string of the molecule is CC(C)(NC(=O)c1cc(F)c2ccccc2c1OCCCOC1CC=CC=C1F)C(=O)O. The molecule has 1 unspecified atom stereocenters. The number of halogens is 2. The van der Waals surface area contributed by atoms with Gasteiger partial charge in [-0.2, -0.15) is 0 Å². The fourth-order valence-electron chi connectivity index (χ4n) is 3.22. The molecule has 170 valence electrons. The van der Waals surface area contributed by atoms with Crippen molar-refractivity contribution < 1.29 is 33.0 Å². The van der Waals surface area contributed by atoms with E-state index in [1.807, 2.05) is 6.08 Å². The van der Waals surface area contributed by atoms with E-state index in [-0.39, 0.29) is 35.7 Å². The lowest BCUT2D eigenvalue weighted by atomic mass is 10.0. The van der Waals surface area contributed by atoms with Crippen molar-refractivity contribution in [1.29, 1.82) is 0 Å². The van der Waals surface area contributed by atoms with Gasteiger partial charge < -0.3 is 19.9 Å². The lowest BCUT2D eigenvalue weighted by molar-refractivity contribution is -0.143. The highest BCUT2D eigenvalue weighted by Crippen LogP contribution is 2.32. The highest BCUT2D eigenvalue weighted by molar-refractivity contribution is 6.05. The molecule has 32 heavy (non-hydrogen) atoms. The molecule has 0 aliphatic heterocycles. The summed E-state index contributed by atoms with van der Waals surface area (Å²) in [4.78, 5) is 24.2. The number of carbonyl (C=O) groups is 2. The number of carboxylic acid groups (broad SMARTS) is 1. The average Bonchev–Trinajstić information content (AvgIpc) is 2.75. The quantitative estimate of drug-likeness (QED) is 0.554. The normalized spacial score (nSPS) is 16.0. The van der Waals surface area contributed by atoms with Crippen LogP contribution in [0.15, 0.2) is 54.4 Å². The number of ether oxygens (including phenoxy) is 2. The maximum Gasteiger partial charge on any atom is 0.328 e. The molecule has 2 N–H and O–H groups in total. The number of benzene rings is 2. The van der Waals surface area contributed by atoms with E-state index in [0.717, 1.165) is 6.07 Å². The minimum Gasteiger partial charge on any atom is -0.492 e. The number of allylic oxidation sites excluding steroid dienone is 2. The van der Waals surface area contributed by atoms with Gasteiger partial charge in [0.25, 0.3) is 5.91 Å². The minimum atomic E-state index is -1.56. The third-order valence-electron chi connectivity index (χ3n) is 5.05. The van der Waals surface area contributed by atoms with Crippen LogP contribution in [-0.2, 0) is 9.53 Å². The smallest absolute Gasteiger partial charge is 0.328 e. The number of rotatable bonds is 9. The molecule has 6 nitrogen and oxygen atoms in total. The summed E-state index contributed by atoms with van der Waals surface area (Å²) in [6.07, 6.45) is 5.05. The molecule has 0 bridgehead atoms. The maximum absolute atomic E-state index is 14.6. The number of carboxylic acids is 1. The maximum atomic E-state index is 14.6. The van der Waals surface area contributed by atoms with Crippen molar-refractivity contribution in [2.24, 2.45) is 0 Å². The van der Waals surface area contributed by atoms with E-state index in [1.54, 1.807) is 30.3 Å². The Morgan fingerprint density at radius 2 is 1.91 bits per heavy atom. The summed E-state index contributed by atoms with van der Waals surface area (Å²) in [5, 5.41) is 12.3. The van der Waals surface area contributed by atoms with Crippen molar-refractivity contribution >= 4 is 22.6 Å². The van der Waals surface area contributed by atoms with Crippen LogP contribution >= 0.6 is 0 Å². The number of hydrogen-bond acceptors (Lipinski definition) is 4. The number of fused-ring (bicyclic) bond motifs is 1. The highest BCUT2D eigenvalue weighted by atomic mass is 19.1. The Morgan fingerprint density at radius 1 is 1.19 bits per heavy atom. The summed E-state index contributed by atoms with van der Waals surface area (Å²) in [6.45, 7) is 3.02. The molecule has 0 fully saturated rings. The Balaban J connectivity index is 1.76. The first-order valence-corrected chi connectivity index (χ1v) is 10.2. The zero-order valence-corrected chi connectivity index (χ0v) is 17.9. The standard InChI is InChI=1S/C24H25F2NO5/c1-24(2,23(29)30)27-22(28)17-14-19(26)15-8-3-4-9-16(15)21(17)32-13-7-12-31-20-11-6-5-10-18(20)25/h3-6,8-10,14,20H,7,11-13H2,1-2H3,(H,27,28)(H,29,30). The van der Waals surface area contributed by atoms with Crippen LogP contribution in [0.5, 0.6) is 5.75 Å². The molecule has 0 heterocycles. The third-order valence-corrected chi connectivity index (χ3v) is 5.05. The van der Waals surface area contributed by atoms with E-state index >= 15 is 0 Å². The second kappa shape index (κ2) is 9.91. The van der Waals surface area contributed by atoms with Crippen molar-refractivity contribution in [3.63, 3.8) is 0 Å². The number of aliphatic carboxylic acids is 1. The van der Waals surface area contributed by atoms with Crippen molar-refractivity contribution in [2.75, 3.05) is 13.2 Å². The second-order valence-electron chi connectivity index (χ2n) is 7.94. The molecule has 1 aliphatic carbocycles. The van der Waals surface area contributed by atoms with E-state index < -0.39 is 29.3 Å². The first-order chi connectivity index (χ1) is 15.2. The van der Waals surface area contributed by atoms with E-state index in [0.29, 0.717) is 18.2 Å². The molecule has 0 radical (unpaired) electrons. The highest BCUT2D eigenvalue weighted by Gasteiger charge is 2.31. The minimum absolute atomic E-state index is 0.108. The summed E-state index contributed by atoms with van der Waals surface area (Å²) in [6, 6.07) is 7.58. The Kier molecular flexibility index (Phi) is 7.25. The topological polar surface area (TPSA) is 84.9 Å². The zero-order chi connectivity index (χ0) is 23.3. The molecule has 0 spiro atoms. The van der Waals surface area contributed by atoms with E-state index in [2.05, 4.69) is 5.32 Å². The third kappa shape index (κ3) is 5.31.